The largest absolute Gasteiger partial charge is 0.495 e. The second kappa shape index (κ2) is 4.77. The fourth-order valence-electron chi connectivity index (χ4n) is 0.631. The highest BCUT2D eigenvalue weighted by Crippen LogP contribution is 2.00. The summed E-state index contributed by atoms with van der Waals surface area (Å²) < 4.78 is 9.59. The molecule has 0 saturated carbocycles. The number of methoxy groups -OCH3 is 1. The summed E-state index contributed by atoms with van der Waals surface area (Å²) in [6.07, 6.45) is 1.41. The molecule has 0 unspecified atom stereocenters. The Kier molecular flexibility index (Phi) is 4.34. The zero-order valence-corrected chi connectivity index (χ0v) is 7.38. The van der Waals surface area contributed by atoms with Gasteiger partial charge < -0.3 is 9.47 Å². The van der Waals surface area contributed by atoms with Crippen LogP contribution in [0.2, 0.25) is 0 Å². The van der Waals surface area contributed by atoms with Crippen LogP contribution in [-0.4, -0.2) is 19.2 Å². The normalized spacial score (nSPS) is 11.5. The molecule has 0 atom stereocenters. The molecule has 0 amide bonds. The van der Waals surface area contributed by atoms with Gasteiger partial charge in [0.05, 0.1) is 19.3 Å². The zero-order valence-electron chi connectivity index (χ0n) is 7.38. The molecule has 0 aliphatic rings. The van der Waals surface area contributed by atoms with Crippen molar-refractivity contribution in [3.63, 3.8) is 0 Å². The Balaban J connectivity index is 3.90. The van der Waals surface area contributed by atoms with Crippen LogP contribution < -0.4 is 0 Å². The highest BCUT2D eigenvalue weighted by Gasteiger charge is 1.98. The van der Waals surface area contributed by atoms with Crippen LogP contribution in [0, 0.1) is 0 Å². The number of hydrogen-bond acceptors (Lipinski definition) is 3. The average Bonchev–Trinajstić information content (AvgIpc) is 1.85. The molecule has 0 aromatic heterocycles. The fraction of sp³-hybridized carbons (Fsp3) is 0.625. The Morgan fingerprint density at radius 1 is 1.45 bits per heavy atom. The summed E-state index contributed by atoms with van der Waals surface area (Å²) in [7, 11) is 1.33. The lowest BCUT2D eigenvalue weighted by Crippen LogP contribution is -2.03. The smallest absolute Gasteiger partial charge is 0.333 e. The van der Waals surface area contributed by atoms with Gasteiger partial charge in [0.25, 0.3) is 0 Å². The molecule has 0 aliphatic heterocycles. The van der Waals surface area contributed by atoms with Crippen LogP contribution in [0.4, 0.5) is 0 Å². The summed E-state index contributed by atoms with van der Waals surface area (Å²) in [6.45, 7) is 5.51. The number of carbonyl (C=O) groups is 1. The zero-order chi connectivity index (χ0) is 8.85. The van der Waals surface area contributed by atoms with Gasteiger partial charge in [0.2, 0.25) is 0 Å². The molecule has 0 N–H and O–H groups in total. The van der Waals surface area contributed by atoms with Crippen molar-refractivity contribution in [2.75, 3.05) is 7.11 Å². The van der Waals surface area contributed by atoms with Crippen molar-refractivity contribution >= 4 is 5.97 Å². The third-order valence-corrected chi connectivity index (χ3v) is 0.944. The van der Waals surface area contributed by atoms with Crippen LogP contribution >= 0.6 is 0 Å². The number of rotatable bonds is 3. The Bertz CT molecular complexity index is 159. The Morgan fingerprint density at radius 3 is 2.36 bits per heavy atom. The van der Waals surface area contributed by atoms with Gasteiger partial charge >= 0.3 is 5.97 Å². The van der Waals surface area contributed by atoms with Crippen molar-refractivity contribution in [1.82, 2.24) is 0 Å². The van der Waals surface area contributed by atoms with Gasteiger partial charge in [-0.1, -0.05) is 0 Å². The minimum absolute atomic E-state index is 0.0934. The van der Waals surface area contributed by atoms with Crippen molar-refractivity contribution in [2.24, 2.45) is 0 Å². The summed E-state index contributed by atoms with van der Waals surface area (Å²) >= 11 is 0. The monoisotopic (exact) mass is 158 g/mol. The van der Waals surface area contributed by atoms with Gasteiger partial charge in [-0.25, -0.2) is 4.79 Å². The van der Waals surface area contributed by atoms with E-state index in [1.807, 2.05) is 13.8 Å². The summed E-state index contributed by atoms with van der Waals surface area (Å²) in [5.74, 6) is 0.190. The lowest BCUT2D eigenvalue weighted by atomic mass is 10.4. The van der Waals surface area contributed by atoms with Gasteiger partial charge in [-0.3, -0.25) is 0 Å². The van der Waals surface area contributed by atoms with Gasteiger partial charge in [-0.05, 0) is 20.8 Å². The van der Waals surface area contributed by atoms with E-state index >= 15 is 0 Å². The summed E-state index contributed by atoms with van der Waals surface area (Å²) in [5.41, 5.74) is 0. The molecule has 0 fully saturated rings. The molecule has 0 rings (SSSR count). The maximum Gasteiger partial charge on any atom is 0.333 e. The molecule has 3 heteroatoms. The molecule has 0 bridgehead atoms. The van der Waals surface area contributed by atoms with Crippen LogP contribution in [0.5, 0.6) is 0 Å². The maximum atomic E-state index is 10.6. The molecule has 0 spiro atoms. The first-order valence-corrected chi connectivity index (χ1v) is 3.49. The molecule has 0 aromatic carbocycles. The minimum Gasteiger partial charge on any atom is -0.495 e. The fourth-order valence-corrected chi connectivity index (χ4v) is 0.631. The second-order valence-electron chi connectivity index (χ2n) is 2.44. The van der Waals surface area contributed by atoms with E-state index in [1.165, 1.54) is 13.2 Å². The van der Waals surface area contributed by atoms with E-state index in [4.69, 9.17) is 4.74 Å². The molecule has 0 radical (unpaired) electrons. The number of hydrogen-bond donors (Lipinski definition) is 0. The van der Waals surface area contributed by atoms with Crippen molar-refractivity contribution in [3.05, 3.63) is 11.8 Å². The Morgan fingerprint density at radius 2 is 2.00 bits per heavy atom. The second-order valence-corrected chi connectivity index (χ2v) is 2.44. The van der Waals surface area contributed by atoms with Crippen molar-refractivity contribution < 1.29 is 14.3 Å². The summed E-state index contributed by atoms with van der Waals surface area (Å²) in [5, 5.41) is 0. The third kappa shape index (κ3) is 5.45. The first kappa shape index (κ1) is 10.0. The SMILES string of the molecule is COC(=O)/C=C(/C)OC(C)C. The van der Waals surface area contributed by atoms with Crippen LogP contribution in [0.3, 0.4) is 0 Å². The van der Waals surface area contributed by atoms with Gasteiger partial charge in [-0.15, -0.1) is 0 Å². The molecule has 3 nitrogen and oxygen atoms in total. The number of carbonyl (C=O) groups excluding carboxylic acids is 1. The molecule has 0 aromatic rings. The van der Waals surface area contributed by atoms with Gasteiger partial charge in [-0.2, -0.15) is 0 Å². The standard InChI is InChI=1S/C8H14O3/c1-6(2)11-7(3)5-8(9)10-4/h5-6H,1-4H3/b7-5-. The molecular weight excluding hydrogens is 144 g/mol. The van der Waals surface area contributed by atoms with E-state index in [0.29, 0.717) is 5.76 Å². The van der Waals surface area contributed by atoms with E-state index in [0.717, 1.165) is 0 Å². The molecular formula is C8H14O3. The summed E-state index contributed by atoms with van der Waals surface area (Å²) in [4.78, 5) is 10.6. The highest BCUT2D eigenvalue weighted by atomic mass is 16.5. The van der Waals surface area contributed by atoms with E-state index in [-0.39, 0.29) is 12.1 Å². The van der Waals surface area contributed by atoms with Gasteiger partial charge in [0.1, 0.15) is 5.76 Å². The number of allylic oxidation sites excluding steroid dienone is 1. The van der Waals surface area contributed by atoms with Gasteiger partial charge in [0, 0.05) is 0 Å². The van der Waals surface area contributed by atoms with Crippen LogP contribution in [0.25, 0.3) is 0 Å². The van der Waals surface area contributed by atoms with Crippen molar-refractivity contribution in [1.29, 1.82) is 0 Å². The number of esters is 1. The van der Waals surface area contributed by atoms with E-state index in [1.54, 1.807) is 6.92 Å². The van der Waals surface area contributed by atoms with Crippen LogP contribution in [0.15, 0.2) is 11.8 Å². The topological polar surface area (TPSA) is 35.5 Å². The van der Waals surface area contributed by atoms with E-state index < -0.39 is 0 Å². The maximum absolute atomic E-state index is 10.6. The van der Waals surface area contributed by atoms with Crippen molar-refractivity contribution in [2.45, 2.75) is 26.9 Å². The lowest BCUT2D eigenvalue weighted by molar-refractivity contribution is -0.135. The van der Waals surface area contributed by atoms with Crippen molar-refractivity contribution in [3.8, 4) is 0 Å². The van der Waals surface area contributed by atoms with Crippen LogP contribution in [-0.2, 0) is 14.3 Å². The first-order chi connectivity index (χ1) is 5.06. The van der Waals surface area contributed by atoms with Gasteiger partial charge in [0.15, 0.2) is 0 Å². The average molecular weight is 158 g/mol. The minimum atomic E-state index is -0.386. The number of ether oxygens (including phenoxy) is 2. The molecule has 64 valence electrons. The summed E-state index contributed by atoms with van der Waals surface area (Å²) in [6, 6.07) is 0. The molecule has 0 saturated heterocycles. The Hall–Kier alpha value is -0.990. The molecule has 11 heavy (non-hydrogen) atoms. The predicted octanol–water partition coefficient (Wildman–Crippen LogP) is 1.49. The highest BCUT2D eigenvalue weighted by molar-refractivity contribution is 5.82. The lowest BCUT2D eigenvalue weighted by Gasteiger charge is -2.08. The molecule has 0 aliphatic carbocycles. The van der Waals surface area contributed by atoms with E-state index in [2.05, 4.69) is 4.74 Å². The third-order valence-electron chi connectivity index (χ3n) is 0.944. The quantitative estimate of drug-likeness (QED) is 0.354. The van der Waals surface area contributed by atoms with Crippen LogP contribution in [0.1, 0.15) is 20.8 Å². The predicted molar refractivity (Wildman–Crippen MR) is 42.0 cm³/mol. The molecule has 0 heterocycles. The first-order valence-electron chi connectivity index (χ1n) is 3.49. The Labute approximate surface area is 67.0 Å². The van der Waals surface area contributed by atoms with E-state index in [9.17, 15) is 4.79 Å².